The lowest BCUT2D eigenvalue weighted by Crippen LogP contribution is -2.51. The van der Waals surface area contributed by atoms with Crippen molar-refractivity contribution in [1.82, 2.24) is 10.6 Å². The van der Waals surface area contributed by atoms with Gasteiger partial charge in [0.05, 0.1) is 12.1 Å². The van der Waals surface area contributed by atoms with Crippen molar-refractivity contribution in [2.45, 2.75) is 126 Å². The molecule has 248 valence electrons. The number of carbonyl (C=O) groups is 6. The molecule has 43 heavy (non-hydrogen) atoms. The van der Waals surface area contributed by atoms with Crippen LogP contribution in [0.5, 0.6) is 0 Å². The number of rotatable bonds is 23. The summed E-state index contributed by atoms with van der Waals surface area (Å²) in [5.41, 5.74) is 0. The fourth-order valence-corrected chi connectivity index (χ4v) is 5.84. The summed E-state index contributed by atoms with van der Waals surface area (Å²) < 4.78 is 0. The molecule has 0 radical (unpaired) electrons. The molecule has 0 aromatic carbocycles. The Morgan fingerprint density at radius 1 is 0.674 bits per heavy atom. The predicted octanol–water partition coefficient (Wildman–Crippen LogP) is 5.84. The molecule has 2 N–H and O–H groups in total. The molecule has 8 nitrogen and oxygen atoms in total. The van der Waals surface area contributed by atoms with Crippen molar-refractivity contribution in [3.63, 3.8) is 0 Å². The molecule has 0 aliphatic carbocycles. The minimum atomic E-state index is -0.783. The molecule has 0 rings (SSSR count). The smallest absolute Gasteiger partial charge is 0.224 e. The van der Waals surface area contributed by atoms with Crippen LogP contribution in [0.4, 0.5) is 0 Å². The van der Waals surface area contributed by atoms with Crippen molar-refractivity contribution >= 4 is 46.7 Å². The van der Waals surface area contributed by atoms with E-state index in [2.05, 4.69) is 10.6 Å². The van der Waals surface area contributed by atoms with Crippen molar-refractivity contribution in [2.75, 3.05) is 12.0 Å². The molecular weight excluding hydrogens is 564 g/mol. The fraction of sp³-hybridized carbons (Fsp3) is 0.824. The normalized spacial score (nSPS) is 16.5. The van der Waals surface area contributed by atoms with Crippen LogP contribution in [0.25, 0.3) is 0 Å². The standard InChI is InChI=1S/C34H60N2O6S/c1-12-22(7)31(29(39)18-27(25(10)38)16-20(3)4)36-34(42)28(21(5)6)19-30(40)32(23(8)13-2)35-33(41)26(14-15-43-11)17-24(9)37/h20-23,26-28,31-32H,12-19H2,1-11H3,(H,35,41)(H,36,42). The number of amides is 2. The molecule has 9 heteroatoms. The van der Waals surface area contributed by atoms with E-state index >= 15 is 0 Å². The first-order valence-corrected chi connectivity index (χ1v) is 17.5. The van der Waals surface area contributed by atoms with E-state index in [1.165, 1.54) is 13.8 Å². The number of ketones is 4. The average molecular weight is 625 g/mol. The third-order valence-corrected chi connectivity index (χ3v) is 9.28. The summed E-state index contributed by atoms with van der Waals surface area (Å²) in [5, 5.41) is 5.89. The lowest BCUT2D eigenvalue weighted by atomic mass is 9.82. The van der Waals surface area contributed by atoms with E-state index in [4.69, 9.17) is 0 Å². The Bertz CT molecular complexity index is 934. The van der Waals surface area contributed by atoms with Gasteiger partial charge in [-0.15, -0.1) is 0 Å². The first kappa shape index (κ1) is 41.0. The zero-order valence-electron chi connectivity index (χ0n) is 28.7. The largest absolute Gasteiger partial charge is 0.346 e. The zero-order chi connectivity index (χ0) is 33.4. The predicted molar refractivity (Wildman–Crippen MR) is 176 cm³/mol. The highest BCUT2D eigenvalue weighted by Gasteiger charge is 2.36. The summed E-state index contributed by atoms with van der Waals surface area (Å²) in [5.74, 6) is -2.28. The average Bonchev–Trinajstić information content (AvgIpc) is 2.92. The Kier molecular flexibility index (Phi) is 19.9. The quantitative estimate of drug-likeness (QED) is 0.146. The monoisotopic (exact) mass is 624 g/mol. The second-order valence-electron chi connectivity index (χ2n) is 13.3. The van der Waals surface area contributed by atoms with Crippen LogP contribution in [0.1, 0.15) is 114 Å². The van der Waals surface area contributed by atoms with Crippen molar-refractivity contribution in [2.24, 2.45) is 41.4 Å². The van der Waals surface area contributed by atoms with Crippen LogP contribution in [0.15, 0.2) is 0 Å². The summed E-state index contributed by atoms with van der Waals surface area (Å²) >= 11 is 1.60. The molecule has 0 saturated heterocycles. The van der Waals surface area contributed by atoms with Crippen LogP contribution in [0, 0.1) is 41.4 Å². The third kappa shape index (κ3) is 15.0. The number of hydrogen-bond acceptors (Lipinski definition) is 7. The van der Waals surface area contributed by atoms with Crippen LogP contribution in [-0.4, -0.2) is 59.0 Å². The van der Waals surface area contributed by atoms with Crippen molar-refractivity contribution in [3.05, 3.63) is 0 Å². The molecule has 0 aliphatic heterocycles. The van der Waals surface area contributed by atoms with E-state index in [0.717, 1.165) is 5.75 Å². The minimum absolute atomic E-state index is 0.0287. The van der Waals surface area contributed by atoms with Gasteiger partial charge in [-0.2, -0.15) is 11.8 Å². The number of carbonyl (C=O) groups excluding carboxylic acids is 6. The molecule has 2 amide bonds. The van der Waals surface area contributed by atoms with Gasteiger partial charge in [-0.1, -0.05) is 68.2 Å². The van der Waals surface area contributed by atoms with Gasteiger partial charge in [0.15, 0.2) is 11.6 Å². The molecule has 7 atom stereocenters. The van der Waals surface area contributed by atoms with Gasteiger partial charge in [0, 0.05) is 37.0 Å². The van der Waals surface area contributed by atoms with Crippen LogP contribution in [-0.2, 0) is 28.8 Å². The van der Waals surface area contributed by atoms with E-state index in [0.29, 0.717) is 25.7 Å². The number of thioether (sulfide) groups is 1. The molecule has 7 unspecified atom stereocenters. The van der Waals surface area contributed by atoms with Gasteiger partial charge in [0.2, 0.25) is 11.8 Å². The number of hydrogen-bond donors (Lipinski definition) is 2. The SMILES string of the molecule is CCC(C)C(NC(=O)C(CCSC)CC(C)=O)C(=O)CC(C(=O)NC(C(=O)CC(CC(C)C)C(C)=O)C(C)CC)C(C)C. The summed E-state index contributed by atoms with van der Waals surface area (Å²) in [6, 6.07) is -1.54. The van der Waals surface area contributed by atoms with Gasteiger partial charge in [-0.3, -0.25) is 24.0 Å². The van der Waals surface area contributed by atoms with E-state index in [1.54, 1.807) is 11.8 Å². The third-order valence-electron chi connectivity index (χ3n) is 8.63. The maximum atomic E-state index is 13.7. The lowest BCUT2D eigenvalue weighted by molar-refractivity contribution is -0.137. The maximum Gasteiger partial charge on any atom is 0.224 e. The minimum Gasteiger partial charge on any atom is -0.346 e. The summed E-state index contributed by atoms with van der Waals surface area (Å²) in [6.07, 6.45) is 4.53. The van der Waals surface area contributed by atoms with E-state index in [-0.39, 0.29) is 83.8 Å². The first-order chi connectivity index (χ1) is 20.0. The molecule has 0 spiro atoms. The Balaban J connectivity index is 5.96. The highest BCUT2D eigenvalue weighted by atomic mass is 32.2. The van der Waals surface area contributed by atoms with Gasteiger partial charge in [-0.25, -0.2) is 0 Å². The highest BCUT2D eigenvalue weighted by Crippen LogP contribution is 2.24. The fourth-order valence-electron chi connectivity index (χ4n) is 5.32. The van der Waals surface area contributed by atoms with Crippen molar-refractivity contribution in [1.29, 1.82) is 0 Å². The molecule has 0 aromatic rings. The van der Waals surface area contributed by atoms with Gasteiger partial charge >= 0.3 is 0 Å². The van der Waals surface area contributed by atoms with Crippen LogP contribution >= 0.6 is 11.8 Å². The summed E-state index contributed by atoms with van der Waals surface area (Å²) in [6.45, 7) is 18.4. The molecular formula is C34H60N2O6S. The molecule has 0 aromatic heterocycles. The topological polar surface area (TPSA) is 126 Å². The van der Waals surface area contributed by atoms with E-state index in [9.17, 15) is 28.8 Å². The second-order valence-corrected chi connectivity index (χ2v) is 14.2. The zero-order valence-corrected chi connectivity index (χ0v) is 29.5. The van der Waals surface area contributed by atoms with Gasteiger partial charge in [0.1, 0.15) is 11.6 Å². The highest BCUT2D eigenvalue weighted by molar-refractivity contribution is 7.98. The molecule has 0 heterocycles. The van der Waals surface area contributed by atoms with Crippen LogP contribution in [0.3, 0.4) is 0 Å². The van der Waals surface area contributed by atoms with Gasteiger partial charge in [-0.05, 0) is 62.4 Å². The van der Waals surface area contributed by atoms with Crippen LogP contribution < -0.4 is 10.6 Å². The molecule has 0 fully saturated rings. The van der Waals surface area contributed by atoms with Gasteiger partial charge < -0.3 is 15.4 Å². The van der Waals surface area contributed by atoms with E-state index in [1.807, 2.05) is 61.6 Å². The maximum absolute atomic E-state index is 13.7. The lowest BCUT2D eigenvalue weighted by Gasteiger charge is -2.30. The molecule has 0 bridgehead atoms. The second kappa shape index (κ2) is 20.8. The Hall–Kier alpha value is -2.03. The summed E-state index contributed by atoms with van der Waals surface area (Å²) in [4.78, 5) is 78.2. The van der Waals surface area contributed by atoms with Crippen LogP contribution in [0.2, 0.25) is 0 Å². The Morgan fingerprint density at radius 3 is 1.56 bits per heavy atom. The molecule has 0 saturated carbocycles. The van der Waals surface area contributed by atoms with Crippen molar-refractivity contribution in [3.8, 4) is 0 Å². The Morgan fingerprint density at radius 2 is 1.16 bits per heavy atom. The number of Topliss-reactive ketones (excluding diaryl/α,β-unsaturated/α-hetero) is 4. The van der Waals surface area contributed by atoms with Gasteiger partial charge in [0.25, 0.3) is 0 Å². The first-order valence-electron chi connectivity index (χ1n) is 16.1. The number of nitrogens with one attached hydrogen (secondary N) is 2. The van der Waals surface area contributed by atoms with Crippen molar-refractivity contribution < 1.29 is 28.8 Å². The summed E-state index contributed by atoms with van der Waals surface area (Å²) in [7, 11) is 0. The van der Waals surface area contributed by atoms with E-state index < -0.39 is 23.9 Å². The molecule has 0 aliphatic rings. The Labute approximate surface area is 265 Å².